The number of anilines is 2. The van der Waals surface area contributed by atoms with Crippen LogP contribution in [0, 0.1) is 6.92 Å². The highest BCUT2D eigenvalue weighted by atomic mass is 79.9. The minimum atomic E-state index is -0.231. The Labute approximate surface area is 259 Å². The molecule has 42 heavy (non-hydrogen) atoms. The van der Waals surface area contributed by atoms with Crippen LogP contribution in [0.5, 0.6) is 5.75 Å². The third-order valence-electron chi connectivity index (χ3n) is 8.64. The van der Waals surface area contributed by atoms with Gasteiger partial charge < -0.3 is 19.7 Å². The van der Waals surface area contributed by atoms with E-state index in [0.717, 1.165) is 70.2 Å². The molecule has 3 aliphatic heterocycles. The summed E-state index contributed by atoms with van der Waals surface area (Å²) >= 11 is 5.38. The SMILES string of the molecule is COC(=O)CC1COc2c(cc3c4c2CCCN4CCC3)-c2c(NC(C)(C)C)n3c(-c4ccc(Br)cc4)c(C)sc3[n+]21. The van der Waals surface area contributed by atoms with Crippen LogP contribution in [0.1, 0.15) is 62.1 Å². The van der Waals surface area contributed by atoms with Crippen molar-refractivity contribution in [3.8, 4) is 28.3 Å². The number of halogens is 1. The van der Waals surface area contributed by atoms with Gasteiger partial charge in [-0.2, -0.15) is 4.40 Å². The number of fused-ring (bicyclic) bond motifs is 6. The highest BCUT2D eigenvalue weighted by Crippen LogP contribution is 2.50. The average Bonchev–Trinajstić information content (AvgIpc) is 3.37. The number of esters is 1. The molecule has 0 amide bonds. The summed E-state index contributed by atoms with van der Waals surface area (Å²) < 4.78 is 17.8. The van der Waals surface area contributed by atoms with Crippen molar-refractivity contribution >= 4 is 49.7 Å². The molecule has 2 aromatic heterocycles. The summed E-state index contributed by atoms with van der Waals surface area (Å²) in [4.78, 5) is 17.7. The van der Waals surface area contributed by atoms with E-state index in [2.05, 4.69) is 93.1 Å². The molecular formula is C33H38BrN4O3S+. The van der Waals surface area contributed by atoms with Crippen molar-refractivity contribution in [2.75, 3.05) is 37.0 Å². The number of hydrogen-bond donors (Lipinski definition) is 1. The smallest absolute Gasteiger partial charge is 0.349 e. The average molecular weight is 651 g/mol. The maximum Gasteiger partial charge on any atom is 0.349 e. The lowest BCUT2D eigenvalue weighted by Gasteiger charge is -2.38. The second-order valence-electron chi connectivity index (χ2n) is 12.8. The molecule has 4 aromatic rings. The summed E-state index contributed by atoms with van der Waals surface area (Å²) in [6.07, 6.45) is 4.62. The number of aromatic nitrogens is 2. The fourth-order valence-electron chi connectivity index (χ4n) is 7.02. The van der Waals surface area contributed by atoms with E-state index in [1.165, 1.54) is 40.9 Å². The number of carbonyl (C=O) groups excluding carboxylic acids is 1. The van der Waals surface area contributed by atoms with Crippen molar-refractivity contribution in [1.82, 2.24) is 4.40 Å². The number of hydrogen-bond acceptors (Lipinski definition) is 6. The van der Waals surface area contributed by atoms with Gasteiger partial charge in [0, 0.05) is 39.9 Å². The quantitative estimate of drug-likeness (QED) is 0.189. The molecule has 9 heteroatoms. The number of ether oxygens (including phenoxy) is 2. The summed E-state index contributed by atoms with van der Waals surface area (Å²) in [5.74, 6) is 1.79. The molecule has 0 fully saturated rings. The standard InChI is InChI=1S/C33H38BrN4O3S/c1-19-27(20-10-12-22(34)13-11-20)38-31(35-33(2,3)4)29-25-16-21-8-6-14-36-15-7-9-24(28(21)36)30(25)41-18-23(17-26(39)40-5)37(29)32(38)42-19/h10-13,16,23,35H,6-9,14-15,17-18H2,1-5H3/q+1. The molecule has 1 N–H and O–H groups in total. The third kappa shape index (κ3) is 4.51. The van der Waals surface area contributed by atoms with Crippen molar-refractivity contribution in [1.29, 1.82) is 0 Å². The molecule has 5 heterocycles. The first-order valence-corrected chi connectivity index (χ1v) is 16.5. The number of imidazole rings is 1. The zero-order chi connectivity index (χ0) is 29.3. The zero-order valence-corrected chi connectivity index (χ0v) is 27.4. The lowest BCUT2D eigenvalue weighted by molar-refractivity contribution is -0.684. The van der Waals surface area contributed by atoms with Crippen LogP contribution in [-0.4, -0.2) is 42.7 Å². The molecule has 0 saturated heterocycles. The molecule has 220 valence electrons. The molecule has 0 saturated carbocycles. The van der Waals surface area contributed by atoms with Gasteiger partial charge in [0.2, 0.25) is 11.5 Å². The van der Waals surface area contributed by atoms with E-state index in [9.17, 15) is 4.79 Å². The molecule has 7 rings (SSSR count). The predicted molar refractivity (Wildman–Crippen MR) is 172 cm³/mol. The van der Waals surface area contributed by atoms with Gasteiger partial charge in [-0.05, 0) is 89.3 Å². The van der Waals surface area contributed by atoms with Gasteiger partial charge in [-0.1, -0.05) is 27.3 Å². The Hall–Kier alpha value is -3.04. The van der Waals surface area contributed by atoms with Crippen molar-refractivity contribution in [3.05, 3.63) is 50.8 Å². The van der Waals surface area contributed by atoms with E-state index in [0.29, 0.717) is 6.61 Å². The first kappa shape index (κ1) is 27.8. The van der Waals surface area contributed by atoms with E-state index in [4.69, 9.17) is 9.47 Å². The third-order valence-corrected chi connectivity index (χ3v) is 10.2. The Bertz CT molecular complexity index is 1710. The topological polar surface area (TPSA) is 59.1 Å². The minimum absolute atomic E-state index is 0.208. The number of nitrogens with one attached hydrogen (secondary N) is 1. The number of benzene rings is 2. The van der Waals surface area contributed by atoms with Gasteiger partial charge in [-0.25, -0.2) is 4.57 Å². The fraction of sp³-hybridized carbons (Fsp3) is 0.455. The normalized spacial score (nSPS) is 17.7. The number of aryl methyl sites for hydroxylation is 2. The van der Waals surface area contributed by atoms with E-state index >= 15 is 0 Å². The van der Waals surface area contributed by atoms with Gasteiger partial charge in [-0.3, -0.25) is 4.79 Å². The van der Waals surface area contributed by atoms with E-state index < -0.39 is 0 Å². The van der Waals surface area contributed by atoms with E-state index in [1.807, 2.05) is 0 Å². The van der Waals surface area contributed by atoms with Crippen LogP contribution >= 0.6 is 27.3 Å². The van der Waals surface area contributed by atoms with Crippen LogP contribution in [0.4, 0.5) is 11.5 Å². The molecule has 7 nitrogen and oxygen atoms in total. The van der Waals surface area contributed by atoms with Gasteiger partial charge in [0.25, 0.3) is 0 Å². The van der Waals surface area contributed by atoms with Crippen molar-refractivity contribution in [3.63, 3.8) is 0 Å². The first-order chi connectivity index (χ1) is 20.1. The summed E-state index contributed by atoms with van der Waals surface area (Å²) in [6, 6.07) is 10.7. The summed E-state index contributed by atoms with van der Waals surface area (Å²) in [6.45, 7) is 11.4. The molecule has 0 aliphatic carbocycles. The molecule has 0 bridgehead atoms. The number of nitrogens with zero attached hydrogens (tertiary/aromatic N) is 3. The first-order valence-electron chi connectivity index (χ1n) is 14.9. The van der Waals surface area contributed by atoms with Gasteiger partial charge >= 0.3 is 10.9 Å². The van der Waals surface area contributed by atoms with Crippen LogP contribution in [0.2, 0.25) is 0 Å². The lowest BCUT2D eigenvalue weighted by atomic mass is 9.88. The monoisotopic (exact) mass is 649 g/mol. The van der Waals surface area contributed by atoms with Gasteiger partial charge in [0.1, 0.15) is 18.4 Å². The molecule has 0 spiro atoms. The highest BCUT2D eigenvalue weighted by molar-refractivity contribution is 9.10. The maximum absolute atomic E-state index is 12.8. The van der Waals surface area contributed by atoms with Crippen molar-refractivity contribution in [2.24, 2.45) is 0 Å². The summed E-state index contributed by atoms with van der Waals surface area (Å²) in [7, 11) is 1.47. The van der Waals surface area contributed by atoms with E-state index in [-0.39, 0.29) is 24.0 Å². The van der Waals surface area contributed by atoms with Crippen LogP contribution in [0.15, 0.2) is 34.8 Å². The van der Waals surface area contributed by atoms with Crippen LogP contribution in [-0.2, 0) is 22.4 Å². The fourth-order valence-corrected chi connectivity index (χ4v) is 8.48. The van der Waals surface area contributed by atoms with Gasteiger partial charge in [0.15, 0.2) is 5.69 Å². The molecule has 1 atom stereocenters. The number of carbonyl (C=O) groups is 1. The molecule has 0 radical (unpaired) electrons. The Morgan fingerprint density at radius 2 is 1.93 bits per heavy atom. The summed E-state index contributed by atoms with van der Waals surface area (Å²) in [5.41, 5.74) is 8.47. The van der Waals surface area contributed by atoms with Crippen molar-refractivity contribution < 1.29 is 18.8 Å². The zero-order valence-electron chi connectivity index (χ0n) is 25.0. The second-order valence-corrected chi connectivity index (χ2v) is 14.9. The van der Waals surface area contributed by atoms with Gasteiger partial charge in [-0.15, -0.1) is 0 Å². The predicted octanol–water partition coefficient (Wildman–Crippen LogP) is 7.10. The maximum atomic E-state index is 12.8. The second kappa shape index (κ2) is 10.3. The highest BCUT2D eigenvalue weighted by Gasteiger charge is 2.43. The number of methoxy groups -OCH3 is 1. The van der Waals surface area contributed by atoms with Gasteiger partial charge in [0.05, 0.1) is 24.0 Å². The van der Waals surface area contributed by atoms with Crippen LogP contribution in [0.25, 0.3) is 27.5 Å². The van der Waals surface area contributed by atoms with Crippen LogP contribution < -0.4 is 19.5 Å². The lowest BCUT2D eigenvalue weighted by Crippen LogP contribution is -2.43. The van der Waals surface area contributed by atoms with Crippen molar-refractivity contribution in [2.45, 2.75) is 71.4 Å². The van der Waals surface area contributed by atoms with E-state index in [1.54, 1.807) is 11.3 Å². The van der Waals surface area contributed by atoms with Crippen LogP contribution in [0.3, 0.4) is 0 Å². The molecule has 3 aliphatic rings. The molecule has 1 unspecified atom stereocenters. The minimum Gasteiger partial charge on any atom is -0.488 e. The summed E-state index contributed by atoms with van der Waals surface area (Å²) in [5, 5.41) is 3.92. The Morgan fingerprint density at radius 3 is 2.64 bits per heavy atom. The number of thiazole rings is 1. The molecular weight excluding hydrogens is 612 g/mol. The Balaban J connectivity index is 1.59. The Kier molecular flexibility index (Phi) is 6.81. The number of rotatable bonds is 4. The largest absolute Gasteiger partial charge is 0.488 e. The Morgan fingerprint density at radius 1 is 1.19 bits per heavy atom. The molecule has 2 aromatic carbocycles.